The molecule has 30 heavy (non-hydrogen) atoms. The fraction of sp³-hybridized carbons (Fsp3) is 0.318. The van der Waals surface area contributed by atoms with Crippen LogP contribution in [0, 0.1) is 0 Å². The van der Waals surface area contributed by atoms with Crippen LogP contribution in [0.3, 0.4) is 0 Å². The molecule has 8 heteroatoms. The number of aryl methyl sites for hydroxylation is 1. The number of benzene rings is 1. The van der Waals surface area contributed by atoms with Crippen molar-refractivity contribution < 1.29 is 14.3 Å². The number of anilines is 1. The van der Waals surface area contributed by atoms with Gasteiger partial charge in [0.15, 0.2) is 0 Å². The summed E-state index contributed by atoms with van der Waals surface area (Å²) in [5.41, 5.74) is 3.04. The molecule has 3 aromatic rings. The van der Waals surface area contributed by atoms with Crippen LogP contribution in [0.4, 0.5) is 5.82 Å². The average molecular weight is 490 g/mol. The fourth-order valence-electron chi connectivity index (χ4n) is 2.64. The molecule has 1 amide bonds. The van der Waals surface area contributed by atoms with Gasteiger partial charge in [0.2, 0.25) is 0 Å². The molecule has 0 radical (unpaired) electrons. The van der Waals surface area contributed by atoms with E-state index in [0.717, 1.165) is 37.6 Å². The maximum absolute atomic E-state index is 12.3. The minimum absolute atomic E-state index is 0.243. The number of amides is 1. The number of halogens is 1. The maximum atomic E-state index is 12.3. The van der Waals surface area contributed by atoms with Crippen LogP contribution in [-0.4, -0.2) is 29.1 Å². The number of nitrogens with one attached hydrogen (secondary N) is 1. The van der Waals surface area contributed by atoms with Gasteiger partial charge in [0, 0.05) is 29.0 Å². The molecule has 0 aliphatic rings. The van der Waals surface area contributed by atoms with Crippen molar-refractivity contribution in [2.45, 2.75) is 39.6 Å². The van der Waals surface area contributed by atoms with E-state index in [2.05, 4.69) is 38.1 Å². The highest BCUT2D eigenvalue weighted by molar-refractivity contribution is 9.10. The number of rotatable bonds is 9. The molecule has 0 aliphatic carbocycles. The molecule has 0 aliphatic heterocycles. The first-order valence-corrected chi connectivity index (χ1v) is 11.2. The zero-order valence-corrected chi connectivity index (χ0v) is 19.5. The average Bonchev–Trinajstić information content (AvgIpc) is 3.17. The molecule has 1 aromatic carbocycles. The van der Waals surface area contributed by atoms with Crippen molar-refractivity contribution in [1.82, 2.24) is 9.97 Å². The standard InChI is InChI=1S/C22H24BrN3O3S/c1-4-18-11-16(9-10-24-18)22-26-20(25-21(27)14(2)28-3)19(30-22)13-29-12-15-5-7-17(23)8-6-15/h5-11,14H,4,12-13H2,1-3H3,(H,25,27). The summed E-state index contributed by atoms with van der Waals surface area (Å²) in [5.74, 6) is 0.266. The summed E-state index contributed by atoms with van der Waals surface area (Å²) in [6, 6.07) is 11.9. The van der Waals surface area contributed by atoms with E-state index in [4.69, 9.17) is 9.47 Å². The Kier molecular flexibility index (Phi) is 8.09. The van der Waals surface area contributed by atoms with Crippen molar-refractivity contribution in [3.63, 3.8) is 0 Å². The summed E-state index contributed by atoms with van der Waals surface area (Å²) in [4.78, 5) is 22.2. The fourth-order valence-corrected chi connectivity index (χ4v) is 3.86. The minimum Gasteiger partial charge on any atom is -0.372 e. The maximum Gasteiger partial charge on any atom is 0.254 e. The van der Waals surface area contributed by atoms with Crippen molar-refractivity contribution in [3.05, 3.63) is 63.2 Å². The Morgan fingerprint density at radius 2 is 2.00 bits per heavy atom. The number of thiazole rings is 1. The summed E-state index contributed by atoms with van der Waals surface area (Å²) in [6.07, 6.45) is 2.06. The third-order valence-corrected chi connectivity index (χ3v) is 6.11. The lowest BCUT2D eigenvalue weighted by Crippen LogP contribution is -2.27. The highest BCUT2D eigenvalue weighted by Gasteiger charge is 2.19. The van der Waals surface area contributed by atoms with Crippen LogP contribution in [0.1, 0.15) is 30.0 Å². The second kappa shape index (κ2) is 10.8. The van der Waals surface area contributed by atoms with E-state index in [1.54, 1.807) is 13.1 Å². The number of methoxy groups -OCH3 is 1. The summed E-state index contributed by atoms with van der Waals surface area (Å²) < 4.78 is 12.1. The van der Waals surface area contributed by atoms with Crippen LogP contribution in [0.2, 0.25) is 0 Å². The Labute approximate surface area is 188 Å². The van der Waals surface area contributed by atoms with E-state index in [1.165, 1.54) is 18.4 Å². The third kappa shape index (κ3) is 5.95. The SMILES string of the molecule is CCc1cc(-c2nc(NC(=O)C(C)OC)c(COCc3ccc(Br)cc3)s2)ccn1. The number of hydrogen-bond donors (Lipinski definition) is 1. The van der Waals surface area contributed by atoms with Crippen LogP contribution < -0.4 is 5.32 Å². The molecular formula is C22H24BrN3O3S. The van der Waals surface area contributed by atoms with Gasteiger partial charge in [-0.25, -0.2) is 4.98 Å². The molecule has 1 unspecified atom stereocenters. The first kappa shape index (κ1) is 22.6. The predicted octanol–water partition coefficient (Wildman–Crippen LogP) is 5.22. The molecule has 1 N–H and O–H groups in total. The number of ether oxygens (including phenoxy) is 2. The van der Waals surface area contributed by atoms with Gasteiger partial charge in [0.05, 0.1) is 18.1 Å². The Balaban J connectivity index is 1.80. The van der Waals surface area contributed by atoms with Gasteiger partial charge in [-0.1, -0.05) is 35.0 Å². The Hall–Kier alpha value is -2.13. The second-order valence-electron chi connectivity index (χ2n) is 6.67. The number of pyridine rings is 1. The highest BCUT2D eigenvalue weighted by atomic mass is 79.9. The molecule has 0 fully saturated rings. The first-order valence-electron chi connectivity index (χ1n) is 9.61. The van der Waals surface area contributed by atoms with Crippen molar-refractivity contribution in [1.29, 1.82) is 0 Å². The number of aromatic nitrogens is 2. The molecule has 0 saturated heterocycles. The number of hydrogen-bond acceptors (Lipinski definition) is 6. The van der Waals surface area contributed by atoms with E-state index in [1.807, 2.05) is 36.4 Å². The monoisotopic (exact) mass is 489 g/mol. The topological polar surface area (TPSA) is 73.3 Å². The molecular weight excluding hydrogens is 466 g/mol. The van der Waals surface area contributed by atoms with Gasteiger partial charge in [-0.05, 0) is 43.2 Å². The lowest BCUT2D eigenvalue weighted by atomic mass is 10.2. The lowest BCUT2D eigenvalue weighted by molar-refractivity contribution is -0.124. The van der Waals surface area contributed by atoms with E-state index in [-0.39, 0.29) is 5.91 Å². The molecule has 3 rings (SSSR count). The lowest BCUT2D eigenvalue weighted by Gasteiger charge is -2.10. The Morgan fingerprint density at radius 3 is 2.70 bits per heavy atom. The van der Waals surface area contributed by atoms with Gasteiger partial charge >= 0.3 is 0 Å². The second-order valence-corrected chi connectivity index (χ2v) is 8.67. The zero-order chi connectivity index (χ0) is 21.5. The third-order valence-electron chi connectivity index (χ3n) is 4.50. The number of carbonyl (C=O) groups excluding carboxylic acids is 1. The largest absolute Gasteiger partial charge is 0.372 e. The summed E-state index contributed by atoms with van der Waals surface area (Å²) >= 11 is 4.94. The molecule has 0 saturated carbocycles. The van der Waals surface area contributed by atoms with E-state index in [0.29, 0.717) is 19.0 Å². The van der Waals surface area contributed by atoms with Crippen LogP contribution in [0.15, 0.2) is 47.1 Å². The van der Waals surface area contributed by atoms with Crippen molar-refractivity contribution in [2.24, 2.45) is 0 Å². The van der Waals surface area contributed by atoms with Crippen LogP contribution >= 0.6 is 27.3 Å². The van der Waals surface area contributed by atoms with Crippen LogP contribution in [0.25, 0.3) is 10.6 Å². The summed E-state index contributed by atoms with van der Waals surface area (Å²) in [7, 11) is 1.50. The molecule has 2 heterocycles. The normalized spacial score (nSPS) is 12.0. The smallest absolute Gasteiger partial charge is 0.254 e. The van der Waals surface area contributed by atoms with Crippen molar-refractivity contribution >= 4 is 39.0 Å². The van der Waals surface area contributed by atoms with Crippen LogP contribution in [-0.2, 0) is 33.9 Å². The van der Waals surface area contributed by atoms with Gasteiger partial charge in [-0.15, -0.1) is 11.3 Å². The summed E-state index contributed by atoms with van der Waals surface area (Å²) in [5, 5.41) is 3.68. The molecule has 0 bridgehead atoms. The highest BCUT2D eigenvalue weighted by Crippen LogP contribution is 2.32. The van der Waals surface area contributed by atoms with Gasteiger partial charge < -0.3 is 14.8 Å². The molecule has 6 nitrogen and oxygen atoms in total. The molecule has 158 valence electrons. The number of carbonyl (C=O) groups is 1. The van der Waals surface area contributed by atoms with Crippen molar-refractivity contribution in [2.75, 3.05) is 12.4 Å². The van der Waals surface area contributed by atoms with Crippen molar-refractivity contribution in [3.8, 4) is 10.6 Å². The Bertz CT molecular complexity index is 992. The van der Waals surface area contributed by atoms with Gasteiger partial charge in [0.25, 0.3) is 5.91 Å². The number of nitrogens with zero attached hydrogens (tertiary/aromatic N) is 2. The predicted molar refractivity (Wildman–Crippen MR) is 122 cm³/mol. The van der Waals surface area contributed by atoms with E-state index in [9.17, 15) is 4.79 Å². The van der Waals surface area contributed by atoms with Gasteiger partial charge in [0.1, 0.15) is 16.9 Å². The minimum atomic E-state index is -0.570. The van der Waals surface area contributed by atoms with E-state index < -0.39 is 6.10 Å². The Morgan fingerprint density at radius 1 is 1.23 bits per heavy atom. The quantitative estimate of drug-likeness (QED) is 0.445. The molecule has 2 aromatic heterocycles. The van der Waals surface area contributed by atoms with Crippen LogP contribution in [0.5, 0.6) is 0 Å². The van der Waals surface area contributed by atoms with E-state index >= 15 is 0 Å². The summed E-state index contributed by atoms with van der Waals surface area (Å²) in [6.45, 7) is 4.57. The zero-order valence-electron chi connectivity index (χ0n) is 17.1. The molecule has 1 atom stereocenters. The first-order chi connectivity index (χ1) is 14.5. The molecule has 0 spiro atoms. The van der Waals surface area contributed by atoms with Gasteiger partial charge in [-0.2, -0.15) is 0 Å². The van der Waals surface area contributed by atoms with Gasteiger partial charge in [-0.3, -0.25) is 9.78 Å².